The molecule has 0 unspecified atom stereocenters. The van der Waals surface area contributed by atoms with E-state index in [1.807, 2.05) is 25.1 Å². The molecule has 0 aliphatic carbocycles. The highest BCUT2D eigenvalue weighted by Crippen LogP contribution is 2.27. The lowest BCUT2D eigenvalue weighted by Crippen LogP contribution is -2.04. The molecule has 5 heteroatoms. The number of hydrogen-bond donors (Lipinski definition) is 2. The molecule has 0 spiro atoms. The van der Waals surface area contributed by atoms with Gasteiger partial charge in [0.1, 0.15) is 5.56 Å². The standard InChI is InChI=1S/C13H11BrN2O2/c1-8-10(14)3-2-4-11(8)16-12-5-6-15-7-9(12)13(17)18/h2-7H,1H3,(H,15,16)(H,17,18). The maximum Gasteiger partial charge on any atom is 0.339 e. The topological polar surface area (TPSA) is 62.2 Å². The highest BCUT2D eigenvalue weighted by Gasteiger charge is 2.11. The van der Waals surface area contributed by atoms with Gasteiger partial charge in [-0.05, 0) is 30.7 Å². The zero-order valence-electron chi connectivity index (χ0n) is 9.64. The Morgan fingerprint density at radius 1 is 1.33 bits per heavy atom. The average molecular weight is 307 g/mol. The second-order valence-electron chi connectivity index (χ2n) is 3.76. The van der Waals surface area contributed by atoms with Crippen LogP contribution in [0.3, 0.4) is 0 Å². The minimum atomic E-state index is -1.00. The Bertz CT molecular complexity index is 599. The molecule has 0 radical (unpaired) electrons. The molecule has 0 saturated carbocycles. The van der Waals surface area contributed by atoms with E-state index < -0.39 is 5.97 Å². The Labute approximate surface area is 113 Å². The van der Waals surface area contributed by atoms with Crippen LogP contribution in [0, 0.1) is 6.92 Å². The molecule has 2 N–H and O–H groups in total. The van der Waals surface area contributed by atoms with Gasteiger partial charge in [0, 0.05) is 22.6 Å². The normalized spacial score (nSPS) is 10.1. The first kappa shape index (κ1) is 12.6. The number of halogens is 1. The van der Waals surface area contributed by atoms with Crippen LogP contribution in [0.1, 0.15) is 15.9 Å². The number of carbonyl (C=O) groups is 1. The Kier molecular flexibility index (Phi) is 3.62. The van der Waals surface area contributed by atoms with E-state index in [1.165, 1.54) is 6.20 Å². The summed E-state index contributed by atoms with van der Waals surface area (Å²) in [5.41, 5.74) is 2.55. The van der Waals surface area contributed by atoms with E-state index in [-0.39, 0.29) is 5.56 Å². The number of anilines is 2. The maximum absolute atomic E-state index is 11.1. The lowest BCUT2D eigenvalue weighted by atomic mass is 10.1. The van der Waals surface area contributed by atoms with E-state index in [0.29, 0.717) is 5.69 Å². The minimum Gasteiger partial charge on any atom is -0.478 e. The third-order valence-corrected chi connectivity index (χ3v) is 3.45. The number of carboxylic acids is 1. The first-order valence-electron chi connectivity index (χ1n) is 5.29. The van der Waals surface area contributed by atoms with Crippen molar-refractivity contribution in [1.82, 2.24) is 4.98 Å². The molecule has 92 valence electrons. The largest absolute Gasteiger partial charge is 0.478 e. The van der Waals surface area contributed by atoms with Crippen molar-refractivity contribution in [1.29, 1.82) is 0 Å². The monoisotopic (exact) mass is 306 g/mol. The van der Waals surface area contributed by atoms with Crippen LogP contribution in [0.4, 0.5) is 11.4 Å². The predicted molar refractivity (Wildman–Crippen MR) is 73.4 cm³/mol. The molecule has 2 rings (SSSR count). The molecular formula is C13H11BrN2O2. The van der Waals surface area contributed by atoms with E-state index in [1.54, 1.807) is 12.3 Å². The fraction of sp³-hybridized carbons (Fsp3) is 0.0769. The van der Waals surface area contributed by atoms with Crippen molar-refractivity contribution in [2.45, 2.75) is 6.92 Å². The fourth-order valence-electron chi connectivity index (χ4n) is 1.56. The van der Waals surface area contributed by atoms with Crippen LogP contribution >= 0.6 is 15.9 Å². The second kappa shape index (κ2) is 5.18. The molecule has 0 saturated heterocycles. The molecule has 0 atom stereocenters. The van der Waals surface area contributed by atoms with Crippen molar-refractivity contribution >= 4 is 33.3 Å². The predicted octanol–water partition coefficient (Wildman–Crippen LogP) is 3.59. The molecule has 1 heterocycles. The van der Waals surface area contributed by atoms with Crippen LogP contribution in [0.25, 0.3) is 0 Å². The summed E-state index contributed by atoms with van der Waals surface area (Å²) in [7, 11) is 0. The zero-order valence-corrected chi connectivity index (χ0v) is 11.2. The van der Waals surface area contributed by atoms with Gasteiger partial charge in [0.05, 0.1) is 5.69 Å². The van der Waals surface area contributed by atoms with Crippen molar-refractivity contribution < 1.29 is 9.90 Å². The number of aromatic carboxylic acids is 1. The van der Waals surface area contributed by atoms with Crippen molar-refractivity contribution in [3.05, 3.63) is 52.3 Å². The van der Waals surface area contributed by atoms with Crippen molar-refractivity contribution in [2.75, 3.05) is 5.32 Å². The molecule has 0 amide bonds. The highest BCUT2D eigenvalue weighted by molar-refractivity contribution is 9.10. The van der Waals surface area contributed by atoms with Gasteiger partial charge in [-0.1, -0.05) is 22.0 Å². The van der Waals surface area contributed by atoms with Gasteiger partial charge in [-0.3, -0.25) is 4.98 Å². The molecule has 18 heavy (non-hydrogen) atoms. The quantitative estimate of drug-likeness (QED) is 0.909. The van der Waals surface area contributed by atoms with E-state index in [4.69, 9.17) is 5.11 Å². The van der Waals surface area contributed by atoms with Crippen LogP contribution < -0.4 is 5.32 Å². The van der Waals surface area contributed by atoms with Gasteiger partial charge in [-0.25, -0.2) is 4.79 Å². The molecule has 1 aromatic carbocycles. The third-order valence-electron chi connectivity index (χ3n) is 2.59. The first-order valence-corrected chi connectivity index (χ1v) is 6.08. The lowest BCUT2D eigenvalue weighted by molar-refractivity contribution is 0.0697. The van der Waals surface area contributed by atoms with Crippen LogP contribution in [-0.4, -0.2) is 16.1 Å². The fourth-order valence-corrected chi connectivity index (χ4v) is 1.93. The third kappa shape index (κ3) is 2.51. The molecule has 1 aromatic heterocycles. The number of hydrogen-bond acceptors (Lipinski definition) is 3. The summed E-state index contributed by atoms with van der Waals surface area (Å²) >= 11 is 3.44. The molecule has 0 fully saturated rings. The summed E-state index contributed by atoms with van der Waals surface area (Å²) < 4.78 is 0.971. The number of benzene rings is 1. The van der Waals surface area contributed by atoms with Gasteiger partial charge in [0.15, 0.2) is 0 Å². The summed E-state index contributed by atoms with van der Waals surface area (Å²) in [6, 6.07) is 7.36. The number of aromatic nitrogens is 1. The molecule has 0 aliphatic heterocycles. The Hall–Kier alpha value is -1.88. The van der Waals surface area contributed by atoms with Gasteiger partial charge in [-0.2, -0.15) is 0 Å². The van der Waals surface area contributed by atoms with Crippen LogP contribution in [0.5, 0.6) is 0 Å². The summed E-state index contributed by atoms with van der Waals surface area (Å²) in [5.74, 6) is -1.00. The molecular weight excluding hydrogens is 296 g/mol. The SMILES string of the molecule is Cc1c(Br)cccc1Nc1ccncc1C(=O)O. The number of nitrogens with zero attached hydrogens (tertiary/aromatic N) is 1. The first-order chi connectivity index (χ1) is 8.59. The molecule has 2 aromatic rings. The van der Waals surface area contributed by atoms with Gasteiger partial charge in [-0.15, -0.1) is 0 Å². The van der Waals surface area contributed by atoms with Crippen LogP contribution in [0.15, 0.2) is 41.1 Å². The number of carboxylic acid groups (broad SMARTS) is 1. The molecule has 0 bridgehead atoms. The van der Waals surface area contributed by atoms with E-state index in [9.17, 15) is 4.79 Å². The summed E-state index contributed by atoms with van der Waals surface area (Å²) in [6.45, 7) is 1.95. The number of rotatable bonds is 3. The maximum atomic E-state index is 11.1. The van der Waals surface area contributed by atoms with Crippen molar-refractivity contribution in [3.63, 3.8) is 0 Å². The summed E-state index contributed by atoms with van der Waals surface area (Å²) in [6.07, 6.45) is 2.89. The zero-order chi connectivity index (χ0) is 13.1. The number of nitrogens with one attached hydrogen (secondary N) is 1. The van der Waals surface area contributed by atoms with E-state index >= 15 is 0 Å². The Morgan fingerprint density at radius 2 is 2.11 bits per heavy atom. The number of pyridine rings is 1. The summed E-state index contributed by atoms with van der Waals surface area (Å²) in [4.78, 5) is 14.9. The average Bonchev–Trinajstić information content (AvgIpc) is 2.35. The summed E-state index contributed by atoms with van der Waals surface area (Å²) in [5, 5.41) is 12.2. The van der Waals surface area contributed by atoms with Gasteiger partial charge < -0.3 is 10.4 Å². The van der Waals surface area contributed by atoms with Crippen molar-refractivity contribution in [2.24, 2.45) is 0 Å². The van der Waals surface area contributed by atoms with Gasteiger partial charge >= 0.3 is 5.97 Å². The Balaban J connectivity index is 2.40. The Morgan fingerprint density at radius 3 is 2.83 bits per heavy atom. The molecule has 4 nitrogen and oxygen atoms in total. The van der Waals surface area contributed by atoms with Crippen LogP contribution in [0.2, 0.25) is 0 Å². The second-order valence-corrected chi connectivity index (χ2v) is 4.62. The van der Waals surface area contributed by atoms with Gasteiger partial charge in [0.2, 0.25) is 0 Å². The van der Waals surface area contributed by atoms with Crippen molar-refractivity contribution in [3.8, 4) is 0 Å². The smallest absolute Gasteiger partial charge is 0.339 e. The van der Waals surface area contributed by atoms with Gasteiger partial charge in [0.25, 0.3) is 0 Å². The van der Waals surface area contributed by atoms with Crippen LogP contribution in [-0.2, 0) is 0 Å². The van der Waals surface area contributed by atoms with E-state index in [2.05, 4.69) is 26.2 Å². The highest BCUT2D eigenvalue weighted by atomic mass is 79.9. The van der Waals surface area contributed by atoms with E-state index in [0.717, 1.165) is 15.7 Å². The molecule has 0 aliphatic rings. The lowest BCUT2D eigenvalue weighted by Gasteiger charge is -2.12. The minimum absolute atomic E-state index is 0.150.